The van der Waals surface area contributed by atoms with E-state index in [0.717, 1.165) is 11.4 Å². The maximum Gasteiger partial charge on any atom is 0.0894 e. The van der Waals surface area contributed by atoms with Crippen molar-refractivity contribution in [3.05, 3.63) is 36.7 Å². The third kappa shape index (κ3) is 3.09. The zero-order valence-corrected chi connectivity index (χ0v) is 13.1. The zero-order valence-electron chi connectivity index (χ0n) is 13.1. The second-order valence-electron chi connectivity index (χ2n) is 7.00. The van der Waals surface area contributed by atoms with Crippen molar-refractivity contribution in [2.75, 3.05) is 5.32 Å². The molecule has 2 aromatic rings. The topological polar surface area (TPSA) is 42.7 Å². The number of rotatable bonds is 3. The molecular formula is C17H24N4. The van der Waals surface area contributed by atoms with Crippen LogP contribution >= 0.6 is 0 Å². The van der Waals surface area contributed by atoms with Gasteiger partial charge in [-0.15, -0.1) is 5.10 Å². The standard InChI is InChI=1S/C17H24N4/c1-13-12-17(2,3)9-8-14(13)19-15-6-4-5-7-16(15)21-11-10-18-20-21/h4-7,10-11,13-14,19H,8-9,12H2,1-3H3. The van der Waals surface area contributed by atoms with Gasteiger partial charge < -0.3 is 5.32 Å². The summed E-state index contributed by atoms with van der Waals surface area (Å²) in [5.74, 6) is 0.678. The van der Waals surface area contributed by atoms with Crippen LogP contribution in [-0.2, 0) is 0 Å². The molecule has 1 aliphatic carbocycles. The third-order valence-corrected chi connectivity index (χ3v) is 4.61. The first kappa shape index (κ1) is 14.1. The number of anilines is 1. The Kier molecular flexibility index (Phi) is 3.70. The van der Waals surface area contributed by atoms with E-state index in [0.29, 0.717) is 17.4 Å². The third-order valence-electron chi connectivity index (χ3n) is 4.61. The van der Waals surface area contributed by atoms with Gasteiger partial charge in [0.25, 0.3) is 0 Å². The van der Waals surface area contributed by atoms with Crippen LogP contribution in [0.15, 0.2) is 36.7 Å². The molecule has 0 bridgehead atoms. The van der Waals surface area contributed by atoms with E-state index in [-0.39, 0.29) is 0 Å². The van der Waals surface area contributed by atoms with Gasteiger partial charge in [0, 0.05) is 6.04 Å². The lowest BCUT2D eigenvalue weighted by Gasteiger charge is -2.40. The quantitative estimate of drug-likeness (QED) is 0.929. The molecule has 1 aromatic heterocycles. The minimum Gasteiger partial charge on any atom is -0.380 e. The molecule has 1 heterocycles. The fourth-order valence-corrected chi connectivity index (χ4v) is 3.49. The van der Waals surface area contributed by atoms with Gasteiger partial charge in [0.1, 0.15) is 0 Å². The Morgan fingerprint density at radius 2 is 2.10 bits per heavy atom. The number of hydrogen-bond acceptors (Lipinski definition) is 3. The predicted molar refractivity (Wildman–Crippen MR) is 85.6 cm³/mol. The molecular weight excluding hydrogens is 260 g/mol. The van der Waals surface area contributed by atoms with Gasteiger partial charge in [-0.3, -0.25) is 0 Å². The number of aromatic nitrogens is 3. The Morgan fingerprint density at radius 1 is 1.29 bits per heavy atom. The van der Waals surface area contributed by atoms with E-state index >= 15 is 0 Å². The molecule has 3 rings (SSSR count). The highest BCUT2D eigenvalue weighted by molar-refractivity contribution is 5.61. The summed E-state index contributed by atoms with van der Waals surface area (Å²) in [6.07, 6.45) is 7.37. The molecule has 0 amide bonds. The fourth-order valence-electron chi connectivity index (χ4n) is 3.49. The van der Waals surface area contributed by atoms with Crippen LogP contribution in [0.5, 0.6) is 0 Å². The molecule has 0 spiro atoms. The number of hydrogen-bond donors (Lipinski definition) is 1. The molecule has 1 N–H and O–H groups in total. The zero-order chi connectivity index (χ0) is 14.9. The minimum absolute atomic E-state index is 0.475. The normalized spacial score (nSPS) is 24.7. The minimum atomic E-state index is 0.475. The van der Waals surface area contributed by atoms with Crippen molar-refractivity contribution in [1.29, 1.82) is 0 Å². The van der Waals surface area contributed by atoms with E-state index in [1.807, 2.05) is 16.9 Å². The average molecular weight is 284 g/mol. The van der Waals surface area contributed by atoms with Gasteiger partial charge in [0.05, 0.1) is 23.8 Å². The largest absolute Gasteiger partial charge is 0.380 e. The number of benzene rings is 1. The van der Waals surface area contributed by atoms with Crippen LogP contribution < -0.4 is 5.32 Å². The first-order valence-corrected chi connectivity index (χ1v) is 7.77. The summed E-state index contributed by atoms with van der Waals surface area (Å²) < 4.78 is 1.82. The van der Waals surface area contributed by atoms with Crippen LogP contribution in [0.4, 0.5) is 5.69 Å². The lowest BCUT2D eigenvalue weighted by Crippen LogP contribution is -2.37. The molecule has 1 fully saturated rings. The molecule has 0 radical (unpaired) electrons. The van der Waals surface area contributed by atoms with E-state index in [4.69, 9.17) is 0 Å². The van der Waals surface area contributed by atoms with Crippen molar-refractivity contribution in [2.24, 2.45) is 11.3 Å². The van der Waals surface area contributed by atoms with Gasteiger partial charge in [-0.25, -0.2) is 4.68 Å². The van der Waals surface area contributed by atoms with Gasteiger partial charge >= 0.3 is 0 Å². The Labute approximate surface area is 126 Å². The van der Waals surface area contributed by atoms with Crippen molar-refractivity contribution in [2.45, 2.75) is 46.1 Å². The summed E-state index contributed by atoms with van der Waals surface area (Å²) in [6, 6.07) is 8.84. The lowest BCUT2D eigenvalue weighted by molar-refractivity contribution is 0.177. The van der Waals surface area contributed by atoms with Crippen LogP contribution in [-0.4, -0.2) is 21.0 Å². The van der Waals surface area contributed by atoms with E-state index in [9.17, 15) is 0 Å². The van der Waals surface area contributed by atoms with Crippen LogP contribution in [0, 0.1) is 11.3 Å². The van der Waals surface area contributed by atoms with Crippen molar-refractivity contribution in [1.82, 2.24) is 15.0 Å². The second-order valence-corrected chi connectivity index (χ2v) is 7.00. The highest BCUT2D eigenvalue weighted by Gasteiger charge is 2.32. The maximum absolute atomic E-state index is 4.11. The SMILES string of the molecule is CC1CC(C)(C)CCC1Nc1ccccc1-n1ccnn1. The van der Waals surface area contributed by atoms with Gasteiger partial charge in [-0.2, -0.15) is 0 Å². The van der Waals surface area contributed by atoms with Gasteiger partial charge in [0.2, 0.25) is 0 Å². The van der Waals surface area contributed by atoms with Crippen LogP contribution in [0.2, 0.25) is 0 Å². The monoisotopic (exact) mass is 284 g/mol. The van der Waals surface area contributed by atoms with E-state index in [1.54, 1.807) is 6.20 Å². The van der Waals surface area contributed by atoms with E-state index in [2.05, 4.69) is 54.6 Å². The summed E-state index contributed by atoms with van der Waals surface area (Å²) in [5.41, 5.74) is 2.68. The summed E-state index contributed by atoms with van der Waals surface area (Å²) >= 11 is 0. The van der Waals surface area contributed by atoms with Crippen molar-refractivity contribution < 1.29 is 0 Å². The summed E-state index contributed by atoms with van der Waals surface area (Å²) in [7, 11) is 0. The van der Waals surface area contributed by atoms with Crippen molar-refractivity contribution in [3.8, 4) is 5.69 Å². The molecule has 2 unspecified atom stereocenters. The van der Waals surface area contributed by atoms with E-state index < -0.39 is 0 Å². The molecule has 1 aromatic carbocycles. The molecule has 21 heavy (non-hydrogen) atoms. The summed E-state index contributed by atoms with van der Waals surface area (Å²) in [6.45, 7) is 7.11. The Hall–Kier alpha value is -1.84. The molecule has 2 atom stereocenters. The average Bonchev–Trinajstić information content (AvgIpc) is 2.96. The van der Waals surface area contributed by atoms with Crippen LogP contribution in [0.1, 0.15) is 40.0 Å². The van der Waals surface area contributed by atoms with Gasteiger partial charge in [-0.1, -0.05) is 38.1 Å². The van der Waals surface area contributed by atoms with Gasteiger partial charge in [0.15, 0.2) is 0 Å². The molecule has 4 heteroatoms. The van der Waals surface area contributed by atoms with Crippen LogP contribution in [0.3, 0.4) is 0 Å². The molecule has 0 saturated heterocycles. The highest BCUT2D eigenvalue weighted by atomic mass is 15.4. The molecule has 4 nitrogen and oxygen atoms in total. The smallest absolute Gasteiger partial charge is 0.0894 e. The van der Waals surface area contributed by atoms with E-state index in [1.165, 1.54) is 19.3 Å². The van der Waals surface area contributed by atoms with Crippen LogP contribution in [0.25, 0.3) is 5.69 Å². The highest BCUT2D eigenvalue weighted by Crippen LogP contribution is 2.39. The Bertz CT molecular complexity index is 589. The lowest BCUT2D eigenvalue weighted by atomic mass is 9.70. The number of nitrogens with zero attached hydrogens (tertiary/aromatic N) is 3. The predicted octanol–water partition coefficient (Wildman–Crippen LogP) is 3.89. The molecule has 112 valence electrons. The van der Waals surface area contributed by atoms with Crippen molar-refractivity contribution >= 4 is 5.69 Å². The van der Waals surface area contributed by atoms with Crippen molar-refractivity contribution in [3.63, 3.8) is 0 Å². The molecule has 0 aliphatic heterocycles. The number of para-hydroxylation sites is 2. The first-order chi connectivity index (χ1) is 10.1. The maximum atomic E-state index is 4.11. The Balaban J connectivity index is 1.80. The summed E-state index contributed by atoms with van der Waals surface area (Å²) in [4.78, 5) is 0. The second kappa shape index (κ2) is 5.51. The number of nitrogens with one attached hydrogen (secondary N) is 1. The fraction of sp³-hybridized carbons (Fsp3) is 0.529. The molecule has 1 aliphatic rings. The molecule has 1 saturated carbocycles. The summed E-state index contributed by atoms with van der Waals surface area (Å²) in [5, 5.41) is 11.8. The Morgan fingerprint density at radius 3 is 2.81 bits per heavy atom. The first-order valence-electron chi connectivity index (χ1n) is 7.77. The van der Waals surface area contributed by atoms with Gasteiger partial charge in [-0.05, 0) is 42.7 Å².